The fourth-order valence-corrected chi connectivity index (χ4v) is 6.37. The molecule has 0 saturated carbocycles. The Morgan fingerprint density at radius 3 is 2.54 bits per heavy atom. The number of aromatic nitrogens is 8. The topological polar surface area (TPSA) is 134 Å². The van der Waals surface area contributed by atoms with E-state index in [1.165, 1.54) is 5.57 Å². The average Bonchev–Trinajstić information content (AvgIpc) is 3.89. The van der Waals surface area contributed by atoms with Crippen molar-refractivity contribution >= 4 is 34.2 Å². The Morgan fingerprint density at radius 1 is 1.02 bits per heavy atom. The van der Waals surface area contributed by atoms with Gasteiger partial charge in [-0.05, 0) is 49.6 Å². The standard InChI is InChI=1S/C33H37N11O2/c1-4-44(28-10-9-27-31(36-28)30(38-37-27)26-17-35-40(2)18-26)33(46)25-11-14-42(19-25)20-29(45)43-15-12-23(13-16-43)22-5-7-24(8-6-22)32-34-21-41(3)39-32/h5-10,12,17-18,21,25H,4,11,13-16,19-20H2,1-3H3,(H,37,38)/t25-/m1/s1. The van der Waals surface area contributed by atoms with Crippen LogP contribution >= 0.6 is 0 Å². The third kappa shape index (κ3) is 5.81. The highest BCUT2D eigenvalue weighted by molar-refractivity contribution is 5.97. The molecule has 13 nitrogen and oxygen atoms in total. The van der Waals surface area contributed by atoms with Crippen LogP contribution in [0.2, 0.25) is 0 Å². The maximum absolute atomic E-state index is 13.7. The number of carbonyl (C=O) groups is 2. The van der Waals surface area contributed by atoms with Crippen LogP contribution in [0.3, 0.4) is 0 Å². The molecule has 5 aromatic rings. The number of likely N-dealkylation sites (tertiary alicyclic amines) is 1. The summed E-state index contributed by atoms with van der Waals surface area (Å²) in [6, 6.07) is 12.0. The second-order valence-electron chi connectivity index (χ2n) is 12.0. The molecule has 0 radical (unpaired) electrons. The fourth-order valence-electron chi connectivity index (χ4n) is 6.37. The highest BCUT2D eigenvalue weighted by Crippen LogP contribution is 2.29. The van der Waals surface area contributed by atoms with Gasteiger partial charge < -0.3 is 4.90 Å². The van der Waals surface area contributed by atoms with Gasteiger partial charge in [-0.1, -0.05) is 30.3 Å². The highest BCUT2D eigenvalue weighted by atomic mass is 16.2. The van der Waals surface area contributed by atoms with Crippen molar-refractivity contribution in [3.8, 4) is 22.6 Å². The summed E-state index contributed by atoms with van der Waals surface area (Å²) in [4.78, 5) is 41.9. The molecule has 1 N–H and O–H groups in total. The summed E-state index contributed by atoms with van der Waals surface area (Å²) >= 11 is 0. The van der Waals surface area contributed by atoms with E-state index < -0.39 is 0 Å². The number of hydrogen-bond acceptors (Lipinski definition) is 8. The first-order valence-corrected chi connectivity index (χ1v) is 15.7. The van der Waals surface area contributed by atoms with E-state index in [2.05, 4.69) is 48.5 Å². The zero-order valence-electron chi connectivity index (χ0n) is 26.3. The number of aryl methyl sites for hydroxylation is 2. The van der Waals surface area contributed by atoms with Crippen molar-refractivity contribution in [1.29, 1.82) is 0 Å². The van der Waals surface area contributed by atoms with Crippen LogP contribution in [0.15, 0.2) is 61.2 Å². The van der Waals surface area contributed by atoms with Gasteiger partial charge >= 0.3 is 0 Å². The van der Waals surface area contributed by atoms with Crippen molar-refractivity contribution in [2.24, 2.45) is 20.0 Å². The predicted molar refractivity (Wildman–Crippen MR) is 174 cm³/mol. The van der Waals surface area contributed by atoms with Crippen molar-refractivity contribution in [1.82, 2.24) is 49.5 Å². The van der Waals surface area contributed by atoms with Crippen LogP contribution in [0.1, 0.15) is 25.3 Å². The lowest BCUT2D eigenvalue weighted by molar-refractivity contribution is -0.132. The van der Waals surface area contributed by atoms with Crippen LogP contribution in [-0.2, 0) is 23.7 Å². The summed E-state index contributed by atoms with van der Waals surface area (Å²) in [6.07, 6.45) is 9.00. The van der Waals surface area contributed by atoms with Gasteiger partial charge in [0.25, 0.3) is 0 Å². The molecule has 1 fully saturated rings. The van der Waals surface area contributed by atoms with Gasteiger partial charge in [-0.2, -0.15) is 15.3 Å². The zero-order valence-corrected chi connectivity index (χ0v) is 26.3. The molecule has 1 atom stereocenters. The van der Waals surface area contributed by atoms with E-state index in [4.69, 9.17) is 4.98 Å². The summed E-state index contributed by atoms with van der Waals surface area (Å²) in [5, 5.41) is 16.1. The Bertz CT molecular complexity index is 1920. The quantitative estimate of drug-likeness (QED) is 0.280. The number of nitrogens with zero attached hydrogens (tertiary/aromatic N) is 10. The van der Waals surface area contributed by atoms with Crippen LogP contribution in [-0.4, -0.2) is 101 Å². The summed E-state index contributed by atoms with van der Waals surface area (Å²) in [7, 11) is 3.71. The van der Waals surface area contributed by atoms with Gasteiger partial charge in [0.05, 0.1) is 24.2 Å². The molecular formula is C33H37N11O2. The van der Waals surface area contributed by atoms with Crippen molar-refractivity contribution in [2.45, 2.75) is 19.8 Å². The minimum absolute atomic E-state index is 0.0334. The van der Waals surface area contributed by atoms with E-state index in [0.717, 1.165) is 28.6 Å². The van der Waals surface area contributed by atoms with Crippen molar-refractivity contribution in [3.63, 3.8) is 0 Å². The van der Waals surface area contributed by atoms with E-state index in [0.29, 0.717) is 68.5 Å². The molecule has 6 heterocycles. The first kappa shape index (κ1) is 29.5. The maximum Gasteiger partial charge on any atom is 0.237 e. The number of H-pyrrole nitrogens is 1. The number of anilines is 1. The number of rotatable bonds is 8. The van der Waals surface area contributed by atoms with E-state index in [9.17, 15) is 9.59 Å². The van der Waals surface area contributed by atoms with Crippen molar-refractivity contribution in [3.05, 3.63) is 66.8 Å². The number of nitrogens with one attached hydrogen (secondary N) is 1. The van der Waals surface area contributed by atoms with Crippen molar-refractivity contribution in [2.75, 3.05) is 44.2 Å². The summed E-state index contributed by atoms with van der Waals surface area (Å²) in [5.41, 5.74) is 6.44. The van der Waals surface area contributed by atoms with E-state index in [-0.39, 0.29) is 17.7 Å². The number of fused-ring (bicyclic) bond motifs is 1. The molecule has 1 aromatic carbocycles. The Kier molecular flexibility index (Phi) is 7.91. The summed E-state index contributed by atoms with van der Waals surface area (Å²) in [5.74, 6) is 1.25. The summed E-state index contributed by atoms with van der Waals surface area (Å²) in [6.45, 7) is 5.31. The molecule has 7 rings (SSSR count). The maximum atomic E-state index is 13.7. The van der Waals surface area contributed by atoms with Gasteiger partial charge in [-0.3, -0.25) is 33.9 Å². The third-order valence-corrected chi connectivity index (χ3v) is 8.89. The number of carbonyl (C=O) groups excluding carboxylic acids is 2. The lowest BCUT2D eigenvalue weighted by atomic mass is 9.98. The van der Waals surface area contributed by atoms with Gasteiger partial charge in [0.15, 0.2) is 5.82 Å². The second kappa shape index (κ2) is 12.3. The molecule has 0 unspecified atom stereocenters. The Morgan fingerprint density at radius 2 is 1.85 bits per heavy atom. The largest absolute Gasteiger partial charge is 0.338 e. The lowest BCUT2D eigenvalue weighted by Crippen LogP contribution is -2.42. The Hall–Kier alpha value is -5.17. The molecule has 46 heavy (non-hydrogen) atoms. The average molecular weight is 620 g/mol. The van der Waals surface area contributed by atoms with E-state index >= 15 is 0 Å². The summed E-state index contributed by atoms with van der Waals surface area (Å²) < 4.78 is 3.42. The van der Waals surface area contributed by atoms with Gasteiger partial charge in [0.1, 0.15) is 23.4 Å². The number of pyridine rings is 1. The molecule has 0 spiro atoms. The first-order chi connectivity index (χ1) is 22.4. The first-order valence-electron chi connectivity index (χ1n) is 15.7. The van der Waals surface area contributed by atoms with Crippen LogP contribution in [0, 0.1) is 5.92 Å². The lowest BCUT2D eigenvalue weighted by Gasteiger charge is -2.29. The fraction of sp³-hybridized carbons (Fsp3) is 0.364. The van der Waals surface area contributed by atoms with Crippen LogP contribution in [0.5, 0.6) is 0 Å². The van der Waals surface area contributed by atoms with Crippen LogP contribution in [0.4, 0.5) is 5.82 Å². The highest BCUT2D eigenvalue weighted by Gasteiger charge is 2.34. The molecule has 1 saturated heterocycles. The van der Waals surface area contributed by atoms with Crippen LogP contribution < -0.4 is 4.90 Å². The molecule has 236 valence electrons. The Labute approximate surface area is 266 Å². The van der Waals surface area contributed by atoms with Gasteiger partial charge in [-0.25, -0.2) is 9.97 Å². The molecule has 4 aromatic heterocycles. The number of hydrogen-bond donors (Lipinski definition) is 1. The predicted octanol–water partition coefficient (Wildman–Crippen LogP) is 3.14. The second-order valence-corrected chi connectivity index (χ2v) is 12.0. The minimum Gasteiger partial charge on any atom is -0.338 e. The monoisotopic (exact) mass is 619 g/mol. The SMILES string of the molecule is CCN(C(=O)[C@@H]1CCN(CC(=O)N2CC=C(c3ccc(-c4ncn(C)n4)cc3)CC2)C1)c1ccc2[nH]nc(-c3cnn(C)c3)c2n1. The Balaban J connectivity index is 0.952. The number of amides is 2. The number of benzene rings is 1. The zero-order chi connectivity index (χ0) is 31.8. The molecule has 13 heteroatoms. The number of aromatic amines is 1. The van der Waals surface area contributed by atoms with E-state index in [1.807, 2.05) is 56.4 Å². The van der Waals surface area contributed by atoms with E-state index in [1.54, 1.807) is 26.8 Å². The molecule has 2 aliphatic heterocycles. The van der Waals surface area contributed by atoms with Crippen LogP contribution in [0.25, 0.3) is 39.3 Å². The van der Waals surface area contributed by atoms with Gasteiger partial charge in [0, 0.05) is 57.6 Å². The van der Waals surface area contributed by atoms with Gasteiger partial charge in [-0.15, -0.1) is 0 Å². The molecule has 2 amide bonds. The smallest absolute Gasteiger partial charge is 0.237 e. The minimum atomic E-state index is -0.190. The van der Waals surface area contributed by atoms with Crippen molar-refractivity contribution < 1.29 is 9.59 Å². The normalized spacial score (nSPS) is 17.1. The molecular weight excluding hydrogens is 582 g/mol. The molecule has 0 bridgehead atoms. The molecule has 2 aliphatic rings. The molecule has 0 aliphatic carbocycles. The third-order valence-electron chi connectivity index (χ3n) is 8.89. The van der Waals surface area contributed by atoms with Gasteiger partial charge in [0.2, 0.25) is 11.8 Å².